The van der Waals surface area contributed by atoms with Gasteiger partial charge < -0.3 is 15.0 Å². The Morgan fingerprint density at radius 1 is 1.04 bits per heavy atom. The summed E-state index contributed by atoms with van der Waals surface area (Å²) in [6, 6.07) is 15.1. The van der Waals surface area contributed by atoms with Gasteiger partial charge in [0, 0.05) is 49.2 Å². The zero-order chi connectivity index (χ0) is 19.2. The van der Waals surface area contributed by atoms with E-state index in [4.69, 9.17) is 4.74 Å². The van der Waals surface area contributed by atoms with Gasteiger partial charge in [-0.2, -0.15) is 0 Å². The Morgan fingerprint density at radius 3 is 2.37 bits per heavy atom. The number of ether oxygens (including phenoxy) is 1. The van der Waals surface area contributed by atoms with Gasteiger partial charge in [-0.05, 0) is 43.3 Å². The highest BCUT2D eigenvalue weighted by Crippen LogP contribution is 2.19. The molecule has 0 radical (unpaired) electrons. The fraction of sp³-hybridized carbons (Fsp3) is 0.333. The van der Waals surface area contributed by atoms with Crippen LogP contribution in [0.25, 0.3) is 0 Å². The van der Waals surface area contributed by atoms with Crippen LogP contribution in [0, 0.1) is 0 Å². The van der Waals surface area contributed by atoms with Crippen LogP contribution >= 0.6 is 0 Å². The lowest BCUT2D eigenvalue weighted by Gasteiger charge is -2.35. The molecule has 0 bridgehead atoms. The average Bonchev–Trinajstić information content (AvgIpc) is 2.68. The highest BCUT2D eigenvalue weighted by molar-refractivity contribution is 5.94. The van der Waals surface area contributed by atoms with E-state index in [1.807, 2.05) is 42.5 Å². The first-order valence-corrected chi connectivity index (χ1v) is 9.07. The summed E-state index contributed by atoms with van der Waals surface area (Å²) in [6.45, 7) is 5.29. The molecule has 1 aliphatic rings. The summed E-state index contributed by atoms with van der Waals surface area (Å²) in [4.78, 5) is 28.1. The molecule has 0 unspecified atom stereocenters. The van der Waals surface area contributed by atoms with E-state index in [2.05, 4.69) is 15.1 Å². The number of rotatable bonds is 6. The highest BCUT2D eigenvalue weighted by atomic mass is 16.5. The van der Waals surface area contributed by atoms with Gasteiger partial charge in [-0.3, -0.25) is 14.5 Å². The molecule has 2 aromatic rings. The number of carbonyl (C=O) groups is 2. The third-order valence-electron chi connectivity index (χ3n) is 4.73. The number of hydrogen-bond donors (Lipinski definition) is 1. The van der Waals surface area contributed by atoms with Gasteiger partial charge in [-0.15, -0.1) is 0 Å². The molecule has 1 N–H and O–H groups in total. The van der Waals surface area contributed by atoms with Crippen molar-refractivity contribution in [3.8, 4) is 5.75 Å². The summed E-state index contributed by atoms with van der Waals surface area (Å²) in [5.74, 6) is 0.771. The molecule has 0 atom stereocenters. The molecule has 1 heterocycles. The lowest BCUT2D eigenvalue weighted by Crippen LogP contribution is -2.48. The van der Waals surface area contributed by atoms with E-state index < -0.39 is 0 Å². The van der Waals surface area contributed by atoms with Gasteiger partial charge in [0.2, 0.25) is 5.91 Å². The van der Waals surface area contributed by atoms with Crippen LogP contribution in [-0.4, -0.2) is 56.4 Å². The molecule has 2 aromatic carbocycles. The van der Waals surface area contributed by atoms with Crippen molar-refractivity contribution < 1.29 is 14.3 Å². The maximum absolute atomic E-state index is 12.3. The van der Waals surface area contributed by atoms with E-state index in [0.717, 1.165) is 48.9 Å². The topological polar surface area (TPSA) is 61.9 Å². The van der Waals surface area contributed by atoms with Crippen molar-refractivity contribution >= 4 is 23.1 Å². The summed E-state index contributed by atoms with van der Waals surface area (Å²) in [5, 5.41) is 2.92. The minimum absolute atomic E-state index is 0.0254. The first-order valence-electron chi connectivity index (χ1n) is 9.07. The van der Waals surface area contributed by atoms with Crippen molar-refractivity contribution in [2.75, 3.05) is 50.1 Å². The third kappa shape index (κ3) is 5.08. The molecule has 142 valence electrons. The number of piperazine rings is 1. The maximum Gasteiger partial charge on any atom is 0.238 e. The van der Waals surface area contributed by atoms with Gasteiger partial charge in [0.15, 0.2) is 5.78 Å². The minimum Gasteiger partial charge on any atom is -0.497 e. The molecule has 1 aliphatic heterocycles. The largest absolute Gasteiger partial charge is 0.497 e. The van der Waals surface area contributed by atoms with Crippen LogP contribution in [0.1, 0.15) is 17.3 Å². The van der Waals surface area contributed by atoms with E-state index in [-0.39, 0.29) is 11.7 Å². The summed E-state index contributed by atoms with van der Waals surface area (Å²) < 4.78 is 5.17. The minimum atomic E-state index is -0.0254. The number of anilines is 2. The van der Waals surface area contributed by atoms with Crippen molar-refractivity contribution in [3.05, 3.63) is 54.1 Å². The Labute approximate surface area is 159 Å². The molecule has 1 fully saturated rings. The molecule has 0 aliphatic carbocycles. The van der Waals surface area contributed by atoms with Crippen molar-refractivity contribution in [2.24, 2.45) is 0 Å². The van der Waals surface area contributed by atoms with Gasteiger partial charge in [-0.25, -0.2) is 0 Å². The van der Waals surface area contributed by atoms with Gasteiger partial charge in [0.1, 0.15) is 5.75 Å². The van der Waals surface area contributed by atoms with Gasteiger partial charge in [0.25, 0.3) is 0 Å². The normalized spacial score (nSPS) is 14.7. The molecule has 3 rings (SSSR count). The Balaban J connectivity index is 1.48. The van der Waals surface area contributed by atoms with Crippen LogP contribution in [0.2, 0.25) is 0 Å². The first-order chi connectivity index (χ1) is 13.0. The lowest BCUT2D eigenvalue weighted by atomic mass is 10.1. The van der Waals surface area contributed by atoms with Crippen LogP contribution in [0.3, 0.4) is 0 Å². The van der Waals surface area contributed by atoms with Crippen molar-refractivity contribution in [1.29, 1.82) is 0 Å². The molecular weight excluding hydrogens is 342 g/mol. The summed E-state index contributed by atoms with van der Waals surface area (Å²) in [5.41, 5.74) is 2.58. The fourth-order valence-corrected chi connectivity index (χ4v) is 3.18. The number of methoxy groups -OCH3 is 1. The zero-order valence-corrected chi connectivity index (χ0v) is 15.8. The van der Waals surface area contributed by atoms with E-state index in [1.165, 1.54) is 0 Å². The summed E-state index contributed by atoms with van der Waals surface area (Å²) >= 11 is 0. The molecule has 0 aromatic heterocycles. The Kier molecular flexibility index (Phi) is 6.08. The first kappa shape index (κ1) is 18.9. The smallest absolute Gasteiger partial charge is 0.238 e. The van der Waals surface area contributed by atoms with Crippen molar-refractivity contribution in [3.63, 3.8) is 0 Å². The quantitative estimate of drug-likeness (QED) is 0.796. The van der Waals surface area contributed by atoms with Gasteiger partial charge in [0.05, 0.1) is 13.7 Å². The number of nitrogens with one attached hydrogen (secondary N) is 1. The highest BCUT2D eigenvalue weighted by Gasteiger charge is 2.19. The molecule has 6 nitrogen and oxygen atoms in total. The second kappa shape index (κ2) is 8.68. The maximum atomic E-state index is 12.3. The number of nitrogens with zero attached hydrogens (tertiary/aromatic N) is 2. The Hall–Kier alpha value is -2.86. The van der Waals surface area contributed by atoms with Crippen LogP contribution in [0.4, 0.5) is 11.4 Å². The molecule has 0 saturated carbocycles. The molecule has 1 saturated heterocycles. The molecule has 1 amide bonds. The van der Waals surface area contributed by atoms with Gasteiger partial charge in [-0.1, -0.05) is 6.07 Å². The van der Waals surface area contributed by atoms with E-state index in [0.29, 0.717) is 6.54 Å². The molecule has 0 spiro atoms. The second-order valence-electron chi connectivity index (χ2n) is 6.65. The standard InChI is InChI=1S/C21H25N3O3/c1-16(25)17-6-8-19(9-7-17)24-12-10-23(11-13-24)15-21(26)22-18-4-3-5-20(14-18)27-2/h3-9,14H,10-13,15H2,1-2H3,(H,22,26). The third-order valence-corrected chi connectivity index (χ3v) is 4.73. The van der Waals surface area contributed by atoms with Crippen LogP contribution < -0.4 is 15.0 Å². The average molecular weight is 367 g/mol. The number of carbonyl (C=O) groups excluding carboxylic acids is 2. The van der Waals surface area contributed by atoms with E-state index >= 15 is 0 Å². The molecule has 6 heteroatoms. The Bertz CT molecular complexity index is 797. The van der Waals surface area contributed by atoms with Crippen LogP contribution in [0.15, 0.2) is 48.5 Å². The number of hydrogen-bond acceptors (Lipinski definition) is 5. The number of amides is 1. The fourth-order valence-electron chi connectivity index (χ4n) is 3.18. The van der Waals surface area contributed by atoms with Crippen LogP contribution in [-0.2, 0) is 4.79 Å². The predicted molar refractivity (Wildman–Crippen MR) is 107 cm³/mol. The molecular formula is C21H25N3O3. The summed E-state index contributed by atoms with van der Waals surface area (Å²) in [7, 11) is 1.61. The predicted octanol–water partition coefficient (Wildman–Crippen LogP) is 2.66. The van der Waals surface area contributed by atoms with Crippen molar-refractivity contribution in [1.82, 2.24) is 4.90 Å². The van der Waals surface area contributed by atoms with E-state index in [9.17, 15) is 9.59 Å². The lowest BCUT2D eigenvalue weighted by molar-refractivity contribution is -0.117. The van der Waals surface area contributed by atoms with E-state index in [1.54, 1.807) is 20.1 Å². The number of ketones is 1. The van der Waals surface area contributed by atoms with Gasteiger partial charge >= 0.3 is 0 Å². The molecule has 27 heavy (non-hydrogen) atoms. The Morgan fingerprint density at radius 2 is 1.74 bits per heavy atom. The summed E-state index contributed by atoms with van der Waals surface area (Å²) in [6.07, 6.45) is 0. The number of Topliss-reactive ketones (excluding diaryl/α,β-unsaturated/α-hetero) is 1. The zero-order valence-electron chi connectivity index (χ0n) is 15.8. The van der Waals surface area contributed by atoms with Crippen LogP contribution in [0.5, 0.6) is 5.75 Å². The monoisotopic (exact) mass is 367 g/mol. The SMILES string of the molecule is COc1cccc(NC(=O)CN2CCN(c3ccc(C(C)=O)cc3)CC2)c1. The van der Waals surface area contributed by atoms with Crippen molar-refractivity contribution in [2.45, 2.75) is 6.92 Å². The number of benzene rings is 2. The second-order valence-corrected chi connectivity index (χ2v) is 6.65.